The van der Waals surface area contributed by atoms with Crippen LogP contribution in [-0.4, -0.2) is 60.8 Å². The lowest BCUT2D eigenvalue weighted by Gasteiger charge is -2.32. The van der Waals surface area contributed by atoms with E-state index < -0.39 is 0 Å². The molecule has 1 N–H and O–H groups in total. The van der Waals surface area contributed by atoms with Crippen LogP contribution in [-0.2, 0) is 22.3 Å². The Kier molecular flexibility index (Phi) is 6.84. The summed E-state index contributed by atoms with van der Waals surface area (Å²) in [5.41, 5.74) is 5.69. The van der Waals surface area contributed by atoms with Crippen molar-refractivity contribution in [3.8, 4) is 11.1 Å². The van der Waals surface area contributed by atoms with E-state index in [1.807, 2.05) is 30.3 Å². The summed E-state index contributed by atoms with van der Waals surface area (Å²) in [5, 5.41) is 3.59. The largest absolute Gasteiger partial charge is 0.465 e. The maximum Gasteiger partial charge on any atom is 0.409 e. The molecule has 1 unspecified atom stereocenters. The molecule has 36 heavy (non-hydrogen) atoms. The molecule has 1 atom stereocenters. The van der Waals surface area contributed by atoms with E-state index in [2.05, 4.69) is 17.4 Å². The number of methoxy groups -OCH3 is 2. The molecule has 2 aliphatic rings. The number of fused-ring (bicyclic) bond motifs is 3. The molecular weight excluding hydrogens is 456 g/mol. The number of nitrogens with one attached hydrogen (secondary N) is 1. The molecule has 1 aliphatic heterocycles. The summed E-state index contributed by atoms with van der Waals surface area (Å²) >= 11 is 0. The summed E-state index contributed by atoms with van der Waals surface area (Å²) < 4.78 is 9.83. The molecule has 1 saturated heterocycles. The molecule has 0 radical (unpaired) electrons. The zero-order chi connectivity index (χ0) is 25.1. The first kappa shape index (κ1) is 23.8. The second-order valence-electron chi connectivity index (χ2n) is 9.32. The van der Waals surface area contributed by atoms with Gasteiger partial charge in [0.1, 0.15) is 11.6 Å². The monoisotopic (exact) mass is 486 g/mol. The van der Waals surface area contributed by atoms with Gasteiger partial charge in [0.25, 0.3) is 0 Å². The zero-order valence-electron chi connectivity index (χ0n) is 20.6. The molecular formula is C28H30N4O4. The number of nitrogens with zero attached hydrogens (tertiary/aromatic N) is 3. The Morgan fingerprint density at radius 3 is 2.69 bits per heavy atom. The molecule has 0 bridgehead atoms. The molecule has 1 fully saturated rings. The summed E-state index contributed by atoms with van der Waals surface area (Å²) in [6.45, 7) is 2.07. The predicted molar refractivity (Wildman–Crippen MR) is 136 cm³/mol. The van der Waals surface area contributed by atoms with Gasteiger partial charge in [-0.3, -0.25) is 0 Å². The lowest BCUT2D eigenvalue weighted by Crippen LogP contribution is -2.41. The highest BCUT2D eigenvalue weighted by atomic mass is 16.5. The number of esters is 1. The van der Waals surface area contributed by atoms with Gasteiger partial charge in [-0.2, -0.15) is 0 Å². The van der Waals surface area contributed by atoms with Gasteiger partial charge in [0.2, 0.25) is 0 Å². The van der Waals surface area contributed by atoms with Gasteiger partial charge in [-0.15, -0.1) is 0 Å². The van der Waals surface area contributed by atoms with E-state index in [4.69, 9.17) is 19.4 Å². The van der Waals surface area contributed by atoms with Gasteiger partial charge in [-0.1, -0.05) is 36.4 Å². The van der Waals surface area contributed by atoms with E-state index in [1.165, 1.54) is 14.2 Å². The van der Waals surface area contributed by atoms with Crippen molar-refractivity contribution in [2.45, 2.75) is 25.7 Å². The Balaban J connectivity index is 1.44. The van der Waals surface area contributed by atoms with Crippen molar-refractivity contribution in [2.24, 2.45) is 5.92 Å². The quantitative estimate of drug-likeness (QED) is 0.406. The van der Waals surface area contributed by atoms with Crippen LogP contribution in [0.3, 0.4) is 0 Å². The molecule has 0 spiro atoms. The van der Waals surface area contributed by atoms with Crippen molar-refractivity contribution in [1.82, 2.24) is 14.9 Å². The van der Waals surface area contributed by atoms with Crippen LogP contribution >= 0.6 is 0 Å². The first-order valence-corrected chi connectivity index (χ1v) is 12.3. The predicted octanol–water partition coefficient (Wildman–Crippen LogP) is 4.32. The fourth-order valence-corrected chi connectivity index (χ4v) is 5.13. The van der Waals surface area contributed by atoms with E-state index in [0.29, 0.717) is 37.4 Å². The van der Waals surface area contributed by atoms with Gasteiger partial charge in [-0.25, -0.2) is 19.6 Å². The Hall–Kier alpha value is -3.94. The van der Waals surface area contributed by atoms with Crippen LogP contribution in [0.2, 0.25) is 0 Å². The number of aromatic nitrogens is 2. The highest BCUT2D eigenvalue weighted by Gasteiger charge is 2.28. The molecule has 0 saturated carbocycles. The second-order valence-corrected chi connectivity index (χ2v) is 9.32. The summed E-state index contributed by atoms with van der Waals surface area (Å²) in [5.74, 6) is 1.49. The maximum absolute atomic E-state index is 12.1. The van der Waals surface area contributed by atoms with Gasteiger partial charge in [0.05, 0.1) is 25.5 Å². The highest BCUT2D eigenvalue weighted by Crippen LogP contribution is 2.40. The first-order chi connectivity index (χ1) is 17.6. The average molecular weight is 487 g/mol. The number of likely N-dealkylation sites (tertiary alicyclic amines) is 1. The third-order valence-electron chi connectivity index (χ3n) is 6.90. The first-order valence-electron chi connectivity index (χ1n) is 12.3. The maximum atomic E-state index is 12.1. The second kappa shape index (κ2) is 10.4. The number of amides is 1. The SMILES string of the molecule is COC(=O)c1ccc2c(c1)Cc1nc(Cc3ccccc3)nc(NCC3CCCN(C(=O)OC)C3)c1-2. The standard InChI is InChI=1S/C28H30N4O4/c1-35-27(33)20-10-11-22-21(14-20)15-23-25(22)26(31-24(30-23)13-18-7-4-3-5-8-18)29-16-19-9-6-12-32(17-19)28(34)36-2/h3-5,7-8,10-11,14,19H,6,9,12-13,15-17H2,1-2H3,(H,29,30,31). The summed E-state index contributed by atoms with van der Waals surface area (Å²) in [6, 6.07) is 15.8. The molecule has 186 valence electrons. The zero-order valence-corrected chi connectivity index (χ0v) is 20.6. The molecule has 1 aromatic heterocycles. The number of hydrogen-bond donors (Lipinski definition) is 1. The summed E-state index contributed by atoms with van der Waals surface area (Å²) in [7, 11) is 2.81. The number of carbonyl (C=O) groups excluding carboxylic acids is 2. The van der Waals surface area contributed by atoms with Crippen molar-refractivity contribution in [3.63, 3.8) is 0 Å². The topological polar surface area (TPSA) is 93.6 Å². The van der Waals surface area contributed by atoms with Crippen molar-refractivity contribution in [2.75, 3.05) is 39.2 Å². The fraction of sp³-hybridized carbons (Fsp3) is 0.357. The van der Waals surface area contributed by atoms with Crippen molar-refractivity contribution < 1.29 is 19.1 Å². The molecule has 2 aromatic carbocycles. The third kappa shape index (κ3) is 4.89. The van der Waals surface area contributed by atoms with Crippen LogP contribution in [0.4, 0.5) is 10.6 Å². The number of carbonyl (C=O) groups is 2. The van der Waals surface area contributed by atoms with Crippen LogP contribution in [0.1, 0.15) is 45.8 Å². The average Bonchev–Trinajstić information content (AvgIpc) is 3.29. The molecule has 8 nitrogen and oxygen atoms in total. The van der Waals surface area contributed by atoms with Crippen LogP contribution in [0.5, 0.6) is 0 Å². The lowest BCUT2D eigenvalue weighted by atomic mass is 9.98. The van der Waals surface area contributed by atoms with Gasteiger partial charge < -0.3 is 19.7 Å². The third-order valence-corrected chi connectivity index (χ3v) is 6.90. The minimum atomic E-state index is -0.351. The van der Waals surface area contributed by atoms with E-state index in [0.717, 1.165) is 59.0 Å². The smallest absolute Gasteiger partial charge is 0.409 e. The molecule has 2 heterocycles. The minimum Gasteiger partial charge on any atom is -0.465 e. The van der Waals surface area contributed by atoms with Crippen LogP contribution in [0, 0.1) is 5.92 Å². The van der Waals surface area contributed by atoms with Crippen LogP contribution < -0.4 is 5.32 Å². The Bertz CT molecular complexity index is 1280. The van der Waals surface area contributed by atoms with Gasteiger partial charge in [0.15, 0.2) is 0 Å². The van der Waals surface area contributed by atoms with Crippen molar-refractivity contribution in [1.29, 1.82) is 0 Å². The van der Waals surface area contributed by atoms with Crippen molar-refractivity contribution in [3.05, 3.63) is 76.7 Å². The van der Waals surface area contributed by atoms with Gasteiger partial charge in [-0.05, 0) is 47.6 Å². The number of piperidine rings is 1. The lowest BCUT2D eigenvalue weighted by molar-refractivity contribution is 0.0600. The van der Waals surface area contributed by atoms with E-state index in [-0.39, 0.29) is 12.1 Å². The molecule has 3 aromatic rings. The summed E-state index contributed by atoms with van der Waals surface area (Å²) in [4.78, 5) is 35.7. The Morgan fingerprint density at radius 1 is 1.08 bits per heavy atom. The molecule has 1 aliphatic carbocycles. The number of rotatable bonds is 6. The number of ether oxygens (including phenoxy) is 2. The molecule has 5 rings (SSSR count). The normalized spacial score (nSPS) is 16.2. The number of anilines is 1. The van der Waals surface area contributed by atoms with E-state index >= 15 is 0 Å². The van der Waals surface area contributed by atoms with E-state index in [1.54, 1.807) is 11.0 Å². The highest BCUT2D eigenvalue weighted by molar-refractivity contribution is 5.92. The van der Waals surface area contributed by atoms with Crippen LogP contribution in [0.15, 0.2) is 48.5 Å². The van der Waals surface area contributed by atoms with Crippen molar-refractivity contribution >= 4 is 17.9 Å². The summed E-state index contributed by atoms with van der Waals surface area (Å²) in [6.07, 6.45) is 2.97. The Labute approximate surface area is 210 Å². The van der Waals surface area contributed by atoms with Crippen LogP contribution in [0.25, 0.3) is 11.1 Å². The van der Waals surface area contributed by atoms with Gasteiger partial charge in [0, 0.05) is 38.0 Å². The molecule has 1 amide bonds. The minimum absolute atomic E-state index is 0.275. The number of hydrogen-bond acceptors (Lipinski definition) is 7. The van der Waals surface area contributed by atoms with Gasteiger partial charge >= 0.3 is 12.1 Å². The Morgan fingerprint density at radius 2 is 1.92 bits per heavy atom. The number of benzene rings is 2. The molecule has 8 heteroatoms. The fourth-order valence-electron chi connectivity index (χ4n) is 5.13. The van der Waals surface area contributed by atoms with E-state index in [9.17, 15) is 9.59 Å².